The van der Waals surface area contributed by atoms with Crippen molar-refractivity contribution in [3.05, 3.63) is 29.8 Å². The lowest BCUT2D eigenvalue weighted by atomic mass is 9.49. The van der Waals surface area contributed by atoms with Crippen LogP contribution in [0.25, 0.3) is 0 Å². The molecule has 0 saturated heterocycles. The first-order chi connectivity index (χ1) is 11.2. The fraction of sp³-hybridized carbons (Fsp3) is 0.611. The van der Waals surface area contributed by atoms with Crippen molar-refractivity contribution in [2.45, 2.75) is 49.0 Å². The number of nitrogens with one attached hydrogen (secondary N) is 1. The van der Waals surface area contributed by atoms with Crippen molar-refractivity contribution in [1.82, 2.24) is 0 Å². The average molecular weight is 402 g/mol. The second kappa shape index (κ2) is 5.23. The summed E-state index contributed by atoms with van der Waals surface area (Å²) in [7, 11) is 0. The van der Waals surface area contributed by atoms with Crippen molar-refractivity contribution in [3.8, 4) is 0 Å². The molecule has 2 nitrogen and oxygen atoms in total. The second-order valence-corrected chi connectivity index (χ2v) is 9.61. The van der Waals surface area contributed by atoms with E-state index in [0.717, 1.165) is 44.2 Å². The van der Waals surface area contributed by atoms with Crippen LogP contribution in [0.4, 0.5) is 18.9 Å². The van der Waals surface area contributed by atoms with Gasteiger partial charge >= 0.3 is 6.18 Å². The number of anilines is 1. The van der Waals surface area contributed by atoms with Gasteiger partial charge in [0.25, 0.3) is 0 Å². The minimum atomic E-state index is -4.40. The molecule has 4 aliphatic rings. The number of halogens is 4. The molecule has 1 N–H and O–H groups in total. The van der Waals surface area contributed by atoms with E-state index in [0.29, 0.717) is 11.8 Å². The predicted octanol–water partition coefficient (Wildman–Crippen LogP) is 5.38. The van der Waals surface area contributed by atoms with E-state index in [1.54, 1.807) is 0 Å². The van der Waals surface area contributed by atoms with Gasteiger partial charge in [0.1, 0.15) is 0 Å². The maximum absolute atomic E-state index is 13.0. The van der Waals surface area contributed by atoms with Gasteiger partial charge in [0.2, 0.25) is 5.91 Å². The Morgan fingerprint density at radius 3 is 2.42 bits per heavy atom. The van der Waals surface area contributed by atoms with E-state index >= 15 is 0 Å². The van der Waals surface area contributed by atoms with Crippen molar-refractivity contribution in [1.29, 1.82) is 0 Å². The van der Waals surface area contributed by atoms with Crippen LogP contribution in [0.5, 0.6) is 0 Å². The van der Waals surface area contributed by atoms with Gasteiger partial charge in [-0.1, -0.05) is 22.0 Å². The van der Waals surface area contributed by atoms with Crippen molar-refractivity contribution < 1.29 is 18.0 Å². The zero-order chi connectivity index (χ0) is 17.2. The normalized spacial score (nSPS) is 37.5. The van der Waals surface area contributed by atoms with Crippen LogP contribution in [-0.2, 0) is 11.0 Å². The molecule has 1 amide bonds. The number of hydrogen-bond acceptors (Lipinski definition) is 1. The van der Waals surface area contributed by atoms with Gasteiger partial charge in [0, 0.05) is 10.0 Å². The van der Waals surface area contributed by atoms with Crippen molar-refractivity contribution >= 4 is 27.5 Å². The van der Waals surface area contributed by atoms with E-state index in [1.807, 2.05) is 0 Å². The number of hydrogen-bond donors (Lipinski definition) is 1. The molecule has 4 atom stereocenters. The van der Waals surface area contributed by atoms with Crippen LogP contribution < -0.4 is 5.32 Å². The first-order valence-electron chi connectivity index (χ1n) is 8.35. The Morgan fingerprint density at radius 2 is 1.83 bits per heavy atom. The zero-order valence-corrected chi connectivity index (χ0v) is 14.7. The van der Waals surface area contributed by atoms with Gasteiger partial charge in [0.05, 0.1) is 11.0 Å². The molecule has 1 aromatic carbocycles. The predicted molar refractivity (Wildman–Crippen MR) is 88.8 cm³/mol. The molecule has 130 valence electrons. The van der Waals surface area contributed by atoms with E-state index < -0.39 is 17.2 Å². The standard InChI is InChI=1S/C18H19BrF3NO/c19-17-8-11-4-12(9-17)7-16(6-11,10-17)15(24)23-14-3-1-2-13(5-14)18(20,21)22/h1-3,5,11-12H,4,6-10H2,(H,23,24)/t11-,12+,16?,17?. The lowest BCUT2D eigenvalue weighted by Gasteiger charge is -2.59. The molecule has 0 radical (unpaired) electrons. The molecule has 4 saturated carbocycles. The summed E-state index contributed by atoms with van der Waals surface area (Å²) in [6.07, 6.45) is 1.53. The van der Waals surface area contributed by atoms with Crippen molar-refractivity contribution in [3.63, 3.8) is 0 Å². The Morgan fingerprint density at radius 1 is 1.17 bits per heavy atom. The van der Waals surface area contributed by atoms with E-state index in [9.17, 15) is 18.0 Å². The smallest absolute Gasteiger partial charge is 0.326 e. The molecule has 1 aromatic rings. The number of carbonyl (C=O) groups is 1. The molecule has 4 aliphatic carbocycles. The summed E-state index contributed by atoms with van der Waals surface area (Å²) < 4.78 is 38.6. The summed E-state index contributed by atoms with van der Waals surface area (Å²) in [5.74, 6) is 0.996. The monoisotopic (exact) mass is 401 g/mol. The molecular formula is C18H19BrF3NO. The minimum Gasteiger partial charge on any atom is -0.326 e. The molecule has 0 aromatic heterocycles. The Balaban J connectivity index is 1.57. The molecule has 0 aliphatic heterocycles. The molecule has 0 heterocycles. The summed E-state index contributed by atoms with van der Waals surface area (Å²) >= 11 is 3.86. The van der Waals surface area contributed by atoms with E-state index in [4.69, 9.17) is 0 Å². The lowest BCUT2D eigenvalue weighted by Crippen LogP contribution is -2.57. The first kappa shape index (κ1) is 16.4. The van der Waals surface area contributed by atoms with Crippen LogP contribution in [0.15, 0.2) is 24.3 Å². The van der Waals surface area contributed by atoms with Crippen molar-refractivity contribution in [2.24, 2.45) is 17.3 Å². The minimum absolute atomic E-state index is 0.0439. The lowest BCUT2D eigenvalue weighted by molar-refractivity contribution is -0.139. The molecular weight excluding hydrogens is 383 g/mol. The summed E-state index contributed by atoms with van der Waals surface area (Å²) in [6.45, 7) is 0. The molecule has 0 spiro atoms. The van der Waals surface area contributed by atoms with Crippen LogP contribution in [0, 0.1) is 17.3 Å². The maximum atomic E-state index is 13.0. The van der Waals surface area contributed by atoms with Crippen LogP contribution in [-0.4, -0.2) is 10.2 Å². The van der Waals surface area contributed by atoms with Gasteiger partial charge in [-0.15, -0.1) is 0 Å². The van der Waals surface area contributed by atoms with Gasteiger partial charge in [0.15, 0.2) is 0 Å². The quantitative estimate of drug-likeness (QED) is 0.662. The largest absolute Gasteiger partial charge is 0.416 e. The number of carbonyl (C=O) groups excluding carboxylic acids is 1. The summed E-state index contributed by atoms with van der Waals surface area (Å²) in [4.78, 5) is 13.0. The van der Waals surface area contributed by atoms with Gasteiger partial charge in [-0.2, -0.15) is 13.2 Å². The number of amides is 1. The van der Waals surface area contributed by atoms with Crippen LogP contribution in [0.1, 0.15) is 44.1 Å². The molecule has 4 bridgehead atoms. The molecule has 2 unspecified atom stereocenters. The third-order valence-electron chi connectivity index (χ3n) is 5.92. The first-order valence-corrected chi connectivity index (χ1v) is 9.15. The highest BCUT2D eigenvalue weighted by atomic mass is 79.9. The fourth-order valence-electron chi connectivity index (χ4n) is 5.45. The molecule has 4 fully saturated rings. The van der Waals surface area contributed by atoms with Gasteiger partial charge in [-0.05, 0) is 68.6 Å². The average Bonchev–Trinajstić information content (AvgIpc) is 2.44. The van der Waals surface area contributed by atoms with Gasteiger partial charge in [-0.25, -0.2) is 0 Å². The Kier molecular flexibility index (Phi) is 3.58. The summed E-state index contributed by atoms with van der Waals surface area (Å²) in [6, 6.07) is 4.90. The number of benzene rings is 1. The summed E-state index contributed by atoms with van der Waals surface area (Å²) in [5, 5.41) is 2.77. The topological polar surface area (TPSA) is 29.1 Å². The van der Waals surface area contributed by atoms with E-state index in [1.165, 1.54) is 18.6 Å². The van der Waals surface area contributed by atoms with Crippen molar-refractivity contribution in [2.75, 3.05) is 5.32 Å². The van der Waals surface area contributed by atoms with E-state index in [2.05, 4.69) is 21.2 Å². The van der Waals surface area contributed by atoms with Gasteiger partial charge < -0.3 is 5.32 Å². The second-order valence-electron chi connectivity index (χ2n) is 7.92. The Hall–Kier alpha value is -1.04. The van der Waals surface area contributed by atoms with Crippen LogP contribution in [0.3, 0.4) is 0 Å². The molecule has 24 heavy (non-hydrogen) atoms. The zero-order valence-electron chi connectivity index (χ0n) is 13.1. The SMILES string of the molecule is O=C(Nc1cccc(C(F)(F)F)c1)C12C[C@@H]3C[C@@H](CC(Br)(C3)C1)C2. The molecule has 6 heteroatoms. The Labute approximate surface area is 147 Å². The number of rotatable bonds is 2. The Bertz CT molecular complexity index is 673. The van der Waals surface area contributed by atoms with Crippen LogP contribution >= 0.6 is 15.9 Å². The third kappa shape index (κ3) is 2.76. The number of alkyl halides is 4. The summed E-state index contributed by atoms with van der Waals surface area (Å²) in [5.41, 5.74) is -0.932. The van der Waals surface area contributed by atoms with Gasteiger partial charge in [-0.3, -0.25) is 4.79 Å². The fourth-order valence-corrected chi connectivity index (χ4v) is 6.91. The maximum Gasteiger partial charge on any atom is 0.416 e. The van der Waals surface area contributed by atoms with Crippen LogP contribution in [0.2, 0.25) is 0 Å². The third-order valence-corrected chi connectivity index (χ3v) is 6.85. The molecule has 5 rings (SSSR count). The van der Waals surface area contributed by atoms with E-state index in [-0.39, 0.29) is 15.9 Å². The highest BCUT2D eigenvalue weighted by Crippen LogP contribution is 2.64. The highest BCUT2D eigenvalue weighted by Gasteiger charge is 2.59. The highest BCUT2D eigenvalue weighted by molar-refractivity contribution is 9.10.